The minimum absolute atomic E-state index is 0.184. The van der Waals surface area contributed by atoms with Crippen LogP contribution >= 0.6 is 0 Å². The molecule has 0 fully saturated rings. The molecule has 0 heterocycles. The van der Waals surface area contributed by atoms with Crippen LogP contribution in [0, 0.1) is 0 Å². The summed E-state index contributed by atoms with van der Waals surface area (Å²) in [6.07, 6.45) is 9.67. The van der Waals surface area contributed by atoms with Crippen LogP contribution in [-0.2, 0) is 9.53 Å². The Morgan fingerprint density at radius 1 is 0.868 bits per heavy atom. The summed E-state index contributed by atoms with van der Waals surface area (Å²) in [6, 6.07) is 21.3. The molecule has 1 aliphatic rings. The first-order valence-electron chi connectivity index (χ1n) is 13.1. The number of benzene rings is 3. The second kappa shape index (κ2) is 12.4. The Morgan fingerprint density at radius 3 is 2.18 bits per heavy atom. The minimum Gasteiger partial charge on any atom is -0.493 e. The molecule has 0 saturated heterocycles. The summed E-state index contributed by atoms with van der Waals surface area (Å²) in [4.78, 5) is 13.8. The lowest BCUT2D eigenvalue weighted by Gasteiger charge is -2.19. The van der Waals surface area contributed by atoms with Crippen molar-refractivity contribution in [1.82, 2.24) is 0 Å². The fourth-order valence-corrected chi connectivity index (χ4v) is 4.58. The lowest BCUT2D eigenvalue weighted by atomic mass is 9.87. The van der Waals surface area contributed by atoms with E-state index in [0.29, 0.717) is 26.1 Å². The molecule has 0 radical (unpaired) electrons. The maximum absolute atomic E-state index is 11.7. The van der Waals surface area contributed by atoms with Crippen molar-refractivity contribution in [2.45, 2.75) is 19.8 Å². The fourth-order valence-electron chi connectivity index (χ4n) is 4.58. The summed E-state index contributed by atoms with van der Waals surface area (Å²) < 4.78 is 13.3. The number of rotatable bonds is 9. The van der Waals surface area contributed by atoms with E-state index in [2.05, 4.69) is 111 Å². The van der Waals surface area contributed by atoms with Gasteiger partial charge in [-0.3, -0.25) is 4.79 Å². The summed E-state index contributed by atoms with van der Waals surface area (Å²) in [7, 11) is 8.22. The van der Waals surface area contributed by atoms with E-state index >= 15 is 0 Å². The molecule has 0 unspecified atom stereocenters. The number of fused-ring (bicyclic) bond motifs is 1. The van der Waals surface area contributed by atoms with E-state index in [0.717, 1.165) is 44.6 Å². The summed E-state index contributed by atoms with van der Waals surface area (Å²) in [5.41, 5.74) is 6.95. The van der Waals surface area contributed by atoms with Crippen molar-refractivity contribution < 1.29 is 18.8 Å². The van der Waals surface area contributed by atoms with Gasteiger partial charge in [-0.15, -0.1) is 0 Å². The van der Waals surface area contributed by atoms with Gasteiger partial charge in [0, 0.05) is 43.7 Å². The highest BCUT2D eigenvalue weighted by Crippen LogP contribution is 2.38. The molecule has 3 aromatic carbocycles. The number of hydrogen-bond donors (Lipinski definition) is 0. The quantitative estimate of drug-likeness (QED) is 0.194. The van der Waals surface area contributed by atoms with Gasteiger partial charge in [-0.2, -0.15) is 0 Å². The third-order valence-corrected chi connectivity index (χ3v) is 6.59. The van der Waals surface area contributed by atoms with Gasteiger partial charge in [0.25, 0.3) is 0 Å². The van der Waals surface area contributed by atoms with Gasteiger partial charge in [0.05, 0.1) is 13.2 Å². The van der Waals surface area contributed by atoms with E-state index in [9.17, 15) is 4.79 Å². The molecule has 0 atom stereocenters. The minimum atomic E-state index is -0.184. The summed E-state index contributed by atoms with van der Waals surface area (Å²) in [5.74, 6) is 0.634. The Morgan fingerprint density at radius 2 is 1.55 bits per heavy atom. The molecule has 0 bridgehead atoms. The molecule has 196 valence electrons. The molecule has 1 aliphatic carbocycles. The first kappa shape index (κ1) is 26.9. The number of carbonyl (C=O) groups is 1. The van der Waals surface area contributed by atoms with Crippen molar-refractivity contribution in [3.8, 4) is 5.75 Å². The smallest absolute Gasteiger partial charge is 0.305 e. The number of nitrogens with zero attached hydrogens (tertiary/aromatic N) is 2. The maximum Gasteiger partial charge on any atom is 0.305 e. The molecule has 0 spiro atoms. The molecule has 5 heteroatoms. The van der Waals surface area contributed by atoms with Gasteiger partial charge < -0.3 is 14.4 Å². The van der Waals surface area contributed by atoms with E-state index < -0.39 is 0 Å². The Balaban J connectivity index is 1.76. The molecule has 3 aromatic rings. The van der Waals surface area contributed by atoms with Crippen molar-refractivity contribution >= 4 is 33.7 Å². The summed E-state index contributed by atoms with van der Waals surface area (Å²) in [5, 5.41) is 2.17. The Labute approximate surface area is 226 Å². The lowest BCUT2D eigenvalue weighted by Crippen LogP contribution is -2.10. The molecular weight excluding hydrogens is 472 g/mol. The predicted octanol–water partition coefficient (Wildman–Crippen LogP) is 6.27. The molecule has 0 N–H and O–H groups in total. The fraction of sp³-hybridized carbons (Fsp3) is 0.273. The zero-order valence-electron chi connectivity index (χ0n) is 23.0. The molecule has 4 rings (SSSR count). The molecule has 0 amide bonds. The maximum atomic E-state index is 11.7. The normalized spacial score (nSPS) is 12.6. The predicted molar refractivity (Wildman–Crippen MR) is 157 cm³/mol. The number of allylic oxidation sites excluding steroid dienone is 5. The monoisotopic (exact) mass is 509 g/mol. The number of anilines is 1. The number of ether oxygens (including phenoxy) is 2. The SMILES string of the molecule is CCOC(=O)CCCOc1ccc(C(=C2C=CC(=[N+](C)C)C=C2)c2ccc(N(C)C)cc2)c2ccccc12. The van der Waals surface area contributed by atoms with Crippen LogP contribution in [-0.4, -0.2) is 57.7 Å². The van der Waals surface area contributed by atoms with Crippen LogP contribution in [0.3, 0.4) is 0 Å². The average molecular weight is 510 g/mol. The lowest BCUT2D eigenvalue weighted by molar-refractivity contribution is -0.462. The van der Waals surface area contributed by atoms with Crippen LogP contribution in [0.1, 0.15) is 30.9 Å². The molecule has 0 aliphatic heterocycles. The third kappa shape index (κ3) is 6.23. The van der Waals surface area contributed by atoms with Gasteiger partial charge in [-0.25, -0.2) is 4.58 Å². The molecule has 0 saturated carbocycles. The van der Waals surface area contributed by atoms with Crippen LogP contribution in [0.5, 0.6) is 5.75 Å². The van der Waals surface area contributed by atoms with Gasteiger partial charge in [-0.1, -0.05) is 42.5 Å². The average Bonchev–Trinajstić information content (AvgIpc) is 2.92. The van der Waals surface area contributed by atoms with Gasteiger partial charge in [0.15, 0.2) is 5.71 Å². The number of esters is 1. The van der Waals surface area contributed by atoms with Gasteiger partial charge in [0.2, 0.25) is 0 Å². The number of hydrogen-bond acceptors (Lipinski definition) is 4. The highest BCUT2D eigenvalue weighted by atomic mass is 16.5. The number of carbonyl (C=O) groups excluding carboxylic acids is 1. The highest BCUT2D eigenvalue weighted by Gasteiger charge is 2.17. The van der Waals surface area contributed by atoms with Crippen LogP contribution in [0.15, 0.2) is 90.5 Å². The van der Waals surface area contributed by atoms with E-state index in [1.54, 1.807) is 0 Å². The standard InChI is InChI=1S/C33H37N2O3/c1-6-37-32(36)12-9-23-38-31-22-21-30(28-10-7-8-11-29(28)31)33(24-13-17-26(18-14-24)34(2)3)25-15-19-27(20-16-25)35(4)5/h7-8,10-11,13-22H,6,9,12,23H2,1-5H3/q+1. The molecule has 5 nitrogen and oxygen atoms in total. The molecule has 0 aromatic heterocycles. The van der Waals surface area contributed by atoms with E-state index in [4.69, 9.17) is 9.47 Å². The van der Waals surface area contributed by atoms with Crippen LogP contribution < -0.4 is 9.64 Å². The first-order valence-corrected chi connectivity index (χ1v) is 13.1. The highest BCUT2D eigenvalue weighted by molar-refractivity contribution is 6.06. The second-order valence-corrected chi connectivity index (χ2v) is 9.67. The van der Waals surface area contributed by atoms with Crippen LogP contribution in [0.2, 0.25) is 0 Å². The van der Waals surface area contributed by atoms with E-state index in [1.165, 1.54) is 5.57 Å². The Bertz CT molecular complexity index is 1400. The zero-order chi connectivity index (χ0) is 27.1. The van der Waals surface area contributed by atoms with Crippen LogP contribution in [0.4, 0.5) is 5.69 Å². The first-order chi connectivity index (χ1) is 18.4. The van der Waals surface area contributed by atoms with E-state index in [-0.39, 0.29) is 5.97 Å². The van der Waals surface area contributed by atoms with Crippen molar-refractivity contribution in [1.29, 1.82) is 0 Å². The van der Waals surface area contributed by atoms with Gasteiger partial charge in [-0.05, 0) is 71.4 Å². The zero-order valence-corrected chi connectivity index (χ0v) is 23.0. The van der Waals surface area contributed by atoms with Crippen LogP contribution in [0.25, 0.3) is 16.3 Å². The Kier molecular flexibility index (Phi) is 8.80. The van der Waals surface area contributed by atoms with Gasteiger partial charge >= 0.3 is 5.97 Å². The van der Waals surface area contributed by atoms with E-state index in [1.807, 2.05) is 19.1 Å². The topological polar surface area (TPSA) is 41.8 Å². The Hall–Kier alpha value is -4.12. The third-order valence-electron chi connectivity index (χ3n) is 6.59. The molecule has 38 heavy (non-hydrogen) atoms. The largest absolute Gasteiger partial charge is 0.493 e. The van der Waals surface area contributed by atoms with Crippen molar-refractivity contribution in [2.24, 2.45) is 0 Å². The van der Waals surface area contributed by atoms with Crippen molar-refractivity contribution in [3.63, 3.8) is 0 Å². The molecular formula is C33H37N2O3+. The van der Waals surface area contributed by atoms with Crippen molar-refractivity contribution in [2.75, 3.05) is 46.3 Å². The summed E-state index contributed by atoms with van der Waals surface area (Å²) >= 11 is 0. The van der Waals surface area contributed by atoms with Gasteiger partial charge in [0.1, 0.15) is 19.8 Å². The second-order valence-electron chi connectivity index (χ2n) is 9.67. The van der Waals surface area contributed by atoms with Crippen molar-refractivity contribution in [3.05, 3.63) is 102 Å². The summed E-state index contributed by atoms with van der Waals surface area (Å²) in [6.45, 7) is 2.68.